The first-order chi connectivity index (χ1) is 14.3. The van der Waals surface area contributed by atoms with E-state index in [1.807, 2.05) is 19.9 Å². The fourth-order valence-electron chi connectivity index (χ4n) is 3.11. The predicted molar refractivity (Wildman–Crippen MR) is 118 cm³/mol. The molecular weight excluding hydrogens is 424 g/mol. The molecule has 0 atom stereocenters. The molecule has 1 saturated heterocycles. The van der Waals surface area contributed by atoms with Gasteiger partial charge in [-0.2, -0.15) is 5.10 Å². The SMILES string of the molecule is Cc1cc(OCc2ccc(/C=C3/NC(=S)N(c4cn(C)nc4C)C3=O)o2)ccc1Cl. The lowest BCUT2D eigenvalue weighted by Gasteiger charge is -2.11. The van der Waals surface area contributed by atoms with Crippen molar-refractivity contribution in [1.82, 2.24) is 15.1 Å². The summed E-state index contributed by atoms with van der Waals surface area (Å²) < 4.78 is 13.2. The highest BCUT2D eigenvalue weighted by atomic mass is 35.5. The molecule has 9 heteroatoms. The number of benzene rings is 1. The van der Waals surface area contributed by atoms with E-state index in [-0.39, 0.29) is 12.5 Å². The van der Waals surface area contributed by atoms with E-state index in [0.717, 1.165) is 5.56 Å². The highest BCUT2D eigenvalue weighted by Crippen LogP contribution is 2.26. The van der Waals surface area contributed by atoms with Crippen LogP contribution in [0.1, 0.15) is 22.8 Å². The Morgan fingerprint density at radius 1 is 1.30 bits per heavy atom. The van der Waals surface area contributed by atoms with Gasteiger partial charge in [-0.15, -0.1) is 0 Å². The molecule has 4 rings (SSSR count). The van der Waals surface area contributed by atoms with Gasteiger partial charge in [0.25, 0.3) is 5.91 Å². The lowest BCUT2D eigenvalue weighted by Crippen LogP contribution is -2.30. The molecule has 7 nitrogen and oxygen atoms in total. The second-order valence-electron chi connectivity index (χ2n) is 6.91. The fourth-order valence-corrected chi connectivity index (χ4v) is 3.52. The molecule has 0 saturated carbocycles. The van der Waals surface area contributed by atoms with E-state index in [0.29, 0.717) is 44.5 Å². The van der Waals surface area contributed by atoms with Crippen molar-refractivity contribution in [3.63, 3.8) is 0 Å². The van der Waals surface area contributed by atoms with Crippen LogP contribution in [0, 0.1) is 13.8 Å². The van der Waals surface area contributed by atoms with E-state index < -0.39 is 0 Å². The summed E-state index contributed by atoms with van der Waals surface area (Å²) in [5.41, 5.74) is 2.63. The Labute approximate surface area is 183 Å². The van der Waals surface area contributed by atoms with Crippen molar-refractivity contribution in [2.24, 2.45) is 7.05 Å². The van der Waals surface area contributed by atoms with Gasteiger partial charge in [-0.05, 0) is 62.0 Å². The zero-order valence-corrected chi connectivity index (χ0v) is 18.2. The number of aromatic nitrogens is 2. The van der Waals surface area contributed by atoms with Gasteiger partial charge in [0, 0.05) is 24.3 Å². The van der Waals surface area contributed by atoms with Gasteiger partial charge in [-0.25, -0.2) is 4.90 Å². The Bertz CT molecular complexity index is 1180. The molecule has 154 valence electrons. The largest absolute Gasteiger partial charge is 0.486 e. The first-order valence-electron chi connectivity index (χ1n) is 9.17. The number of hydrogen-bond donors (Lipinski definition) is 1. The van der Waals surface area contributed by atoms with Crippen molar-refractivity contribution >= 4 is 46.6 Å². The summed E-state index contributed by atoms with van der Waals surface area (Å²) in [6.45, 7) is 4.00. The van der Waals surface area contributed by atoms with E-state index in [2.05, 4.69) is 10.4 Å². The van der Waals surface area contributed by atoms with Gasteiger partial charge in [-0.3, -0.25) is 9.48 Å². The van der Waals surface area contributed by atoms with Crippen LogP contribution in [0.2, 0.25) is 5.02 Å². The number of hydrogen-bond acceptors (Lipinski definition) is 5. The third-order valence-electron chi connectivity index (χ3n) is 4.59. The standard InChI is InChI=1S/C21H19ClN4O3S/c1-12-8-14(6-7-17(12)22)28-11-16-5-4-15(29-16)9-18-20(27)26(21(30)23-18)19-10-25(3)24-13(19)2/h4-10H,11H2,1-3H3,(H,23,30)/b18-9+. The quantitative estimate of drug-likeness (QED) is 0.473. The van der Waals surface area contributed by atoms with Crippen molar-refractivity contribution in [3.8, 4) is 5.75 Å². The van der Waals surface area contributed by atoms with Crippen molar-refractivity contribution < 1.29 is 13.9 Å². The highest BCUT2D eigenvalue weighted by Gasteiger charge is 2.34. The Morgan fingerprint density at radius 3 is 2.80 bits per heavy atom. The van der Waals surface area contributed by atoms with E-state index in [1.54, 1.807) is 48.3 Å². The number of halogens is 1. The van der Waals surface area contributed by atoms with Crippen molar-refractivity contribution in [2.45, 2.75) is 20.5 Å². The third kappa shape index (κ3) is 3.96. The topological polar surface area (TPSA) is 72.5 Å². The molecule has 30 heavy (non-hydrogen) atoms. The lowest BCUT2D eigenvalue weighted by molar-refractivity contribution is -0.113. The maximum Gasteiger partial charge on any atom is 0.281 e. The number of carbonyl (C=O) groups excluding carboxylic acids is 1. The van der Waals surface area contributed by atoms with Gasteiger partial charge in [0.1, 0.15) is 29.6 Å². The molecule has 1 aliphatic rings. The fraction of sp³-hybridized carbons (Fsp3) is 0.190. The molecule has 0 radical (unpaired) electrons. The van der Waals surface area contributed by atoms with E-state index in [4.69, 9.17) is 33.0 Å². The van der Waals surface area contributed by atoms with Crippen LogP contribution in [0.4, 0.5) is 5.69 Å². The minimum atomic E-state index is -0.262. The summed E-state index contributed by atoms with van der Waals surface area (Å²) in [4.78, 5) is 14.3. The van der Waals surface area contributed by atoms with Gasteiger partial charge >= 0.3 is 0 Å². The molecule has 3 aromatic rings. The van der Waals surface area contributed by atoms with Crippen LogP contribution < -0.4 is 15.0 Å². The van der Waals surface area contributed by atoms with Gasteiger partial charge in [-0.1, -0.05) is 11.6 Å². The number of anilines is 1. The smallest absolute Gasteiger partial charge is 0.281 e. The molecule has 1 aromatic carbocycles. The van der Waals surface area contributed by atoms with Crippen LogP contribution in [0.15, 0.2) is 46.6 Å². The van der Waals surface area contributed by atoms with E-state index in [1.165, 1.54) is 4.90 Å². The number of rotatable bonds is 5. The third-order valence-corrected chi connectivity index (χ3v) is 5.29. The molecular formula is C21H19ClN4O3S. The zero-order chi connectivity index (χ0) is 21.4. The molecule has 0 spiro atoms. The Balaban J connectivity index is 1.47. The molecule has 2 aromatic heterocycles. The molecule has 0 unspecified atom stereocenters. The maximum atomic E-state index is 12.9. The molecule has 1 amide bonds. The van der Waals surface area contributed by atoms with Crippen LogP contribution >= 0.6 is 23.8 Å². The Morgan fingerprint density at radius 2 is 2.10 bits per heavy atom. The van der Waals surface area contributed by atoms with Crippen LogP contribution in [-0.4, -0.2) is 20.8 Å². The molecule has 1 N–H and O–H groups in total. The first kappa shape index (κ1) is 20.2. The lowest BCUT2D eigenvalue weighted by atomic mass is 10.2. The van der Waals surface area contributed by atoms with Crippen LogP contribution in [0.5, 0.6) is 5.75 Å². The second kappa shape index (κ2) is 7.97. The monoisotopic (exact) mass is 442 g/mol. The predicted octanol–water partition coefficient (Wildman–Crippen LogP) is 4.12. The zero-order valence-electron chi connectivity index (χ0n) is 16.6. The summed E-state index contributed by atoms with van der Waals surface area (Å²) in [7, 11) is 1.79. The summed E-state index contributed by atoms with van der Waals surface area (Å²) in [6, 6.07) is 9.04. The van der Waals surface area contributed by atoms with Gasteiger partial charge in [0.05, 0.1) is 11.4 Å². The minimum absolute atomic E-state index is 0.255. The average molecular weight is 443 g/mol. The number of ether oxygens (including phenoxy) is 1. The summed E-state index contributed by atoms with van der Waals surface area (Å²) in [5, 5.41) is 8.21. The average Bonchev–Trinajstić information content (AvgIpc) is 3.35. The van der Waals surface area contributed by atoms with Crippen molar-refractivity contribution in [3.05, 3.63) is 70.0 Å². The summed E-state index contributed by atoms with van der Waals surface area (Å²) >= 11 is 11.4. The maximum absolute atomic E-state index is 12.9. The summed E-state index contributed by atoms with van der Waals surface area (Å²) in [5.74, 6) is 1.59. The number of amides is 1. The normalized spacial score (nSPS) is 15.2. The van der Waals surface area contributed by atoms with Gasteiger partial charge < -0.3 is 14.5 Å². The number of furan rings is 1. The van der Waals surface area contributed by atoms with E-state index >= 15 is 0 Å². The Hall–Kier alpha value is -3.10. The van der Waals surface area contributed by atoms with Gasteiger partial charge in [0.2, 0.25) is 0 Å². The van der Waals surface area contributed by atoms with Crippen LogP contribution in [0.25, 0.3) is 6.08 Å². The Kier molecular flexibility index (Phi) is 5.36. The van der Waals surface area contributed by atoms with Crippen molar-refractivity contribution in [2.75, 3.05) is 4.90 Å². The van der Waals surface area contributed by atoms with Gasteiger partial charge in [0.15, 0.2) is 5.11 Å². The number of thiocarbonyl (C=S) groups is 1. The first-order valence-corrected chi connectivity index (χ1v) is 9.95. The number of aryl methyl sites for hydroxylation is 3. The second-order valence-corrected chi connectivity index (χ2v) is 7.70. The van der Waals surface area contributed by atoms with Crippen molar-refractivity contribution in [1.29, 1.82) is 0 Å². The molecule has 0 aliphatic carbocycles. The number of nitrogens with one attached hydrogen (secondary N) is 1. The molecule has 1 fully saturated rings. The minimum Gasteiger partial charge on any atom is -0.486 e. The molecule has 3 heterocycles. The molecule has 1 aliphatic heterocycles. The van der Waals surface area contributed by atoms with Crippen LogP contribution in [-0.2, 0) is 18.4 Å². The van der Waals surface area contributed by atoms with Crippen LogP contribution in [0.3, 0.4) is 0 Å². The number of nitrogens with zero attached hydrogens (tertiary/aromatic N) is 3. The number of carbonyl (C=O) groups is 1. The summed E-state index contributed by atoms with van der Waals surface area (Å²) in [6.07, 6.45) is 3.38. The molecule has 0 bridgehead atoms. The highest BCUT2D eigenvalue weighted by molar-refractivity contribution is 7.80. The van der Waals surface area contributed by atoms with E-state index in [9.17, 15) is 4.79 Å².